The number of amides is 3. The van der Waals surface area contributed by atoms with Crippen LogP contribution in [0.2, 0.25) is 0 Å². The molecule has 3 aliphatic heterocycles. The molecule has 3 amide bonds. The summed E-state index contributed by atoms with van der Waals surface area (Å²) < 4.78 is 1.78. The third kappa shape index (κ3) is 3.97. The third-order valence-corrected chi connectivity index (χ3v) is 9.69. The van der Waals surface area contributed by atoms with Crippen LogP contribution in [0.15, 0.2) is 48.9 Å². The number of urea groups is 1. The van der Waals surface area contributed by atoms with Gasteiger partial charge < -0.3 is 20.1 Å². The Morgan fingerprint density at radius 1 is 1.12 bits per heavy atom. The van der Waals surface area contributed by atoms with Gasteiger partial charge >= 0.3 is 6.03 Å². The Morgan fingerprint density at radius 2 is 1.86 bits per heavy atom. The predicted octanol–water partition coefficient (Wildman–Crippen LogP) is 3.64. The number of hydrogen-bond acceptors (Lipinski definition) is 6. The van der Waals surface area contributed by atoms with E-state index in [0.29, 0.717) is 52.0 Å². The quantitative estimate of drug-likeness (QED) is 0.373. The van der Waals surface area contributed by atoms with Crippen molar-refractivity contribution in [3.05, 3.63) is 54.5 Å². The van der Waals surface area contributed by atoms with E-state index in [9.17, 15) is 14.9 Å². The van der Waals surface area contributed by atoms with Gasteiger partial charge in [0.05, 0.1) is 47.2 Å². The molecule has 220 valence electrons. The Labute approximate surface area is 250 Å². The second kappa shape index (κ2) is 9.95. The van der Waals surface area contributed by atoms with Gasteiger partial charge in [0.1, 0.15) is 5.65 Å². The minimum Gasteiger partial charge on any atom is -0.339 e. The minimum atomic E-state index is -0.712. The number of pyridine rings is 1. The van der Waals surface area contributed by atoms with Gasteiger partial charge in [-0.15, -0.1) is 0 Å². The van der Waals surface area contributed by atoms with Crippen LogP contribution in [-0.4, -0.2) is 86.8 Å². The Balaban J connectivity index is 1.31. The maximum absolute atomic E-state index is 14.2. The Kier molecular flexibility index (Phi) is 6.29. The van der Waals surface area contributed by atoms with E-state index in [-0.39, 0.29) is 17.5 Å². The van der Waals surface area contributed by atoms with Crippen molar-refractivity contribution in [2.24, 2.45) is 7.05 Å². The molecule has 3 aliphatic rings. The zero-order chi connectivity index (χ0) is 29.9. The van der Waals surface area contributed by atoms with Crippen molar-refractivity contribution >= 4 is 28.7 Å². The summed E-state index contributed by atoms with van der Waals surface area (Å²) in [5.41, 5.74) is 5.48. The lowest BCUT2D eigenvalue weighted by Crippen LogP contribution is -2.73. The SMILES string of the molecule is CCNC(=O)N1CC(CC#N)(N2CCC3(CC2)C(=O)N(C)c2cnc4[nH]c(-c5cnn(C)c5)c(-c5ccccc5)c4c23)C1. The molecule has 2 saturated heterocycles. The molecule has 0 bridgehead atoms. The van der Waals surface area contributed by atoms with E-state index in [4.69, 9.17) is 4.98 Å². The number of H-pyrrole nitrogens is 1. The highest BCUT2D eigenvalue weighted by Crippen LogP contribution is 2.54. The molecule has 0 radical (unpaired) electrons. The average molecular weight is 578 g/mol. The van der Waals surface area contributed by atoms with Crippen LogP contribution in [-0.2, 0) is 17.3 Å². The largest absolute Gasteiger partial charge is 0.339 e. The van der Waals surface area contributed by atoms with Crippen LogP contribution < -0.4 is 10.2 Å². The zero-order valence-electron chi connectivity index (χ0n) is 24.7. The van der Waals surface area contributed by atoms with Crippen LogP contribution in [0, 0.1) is 11.3 Å². The number of likely N-dealkylation sites (tertiary alicyclic amines) is 2. The summed E-state index contributed by atoms with van der Waals surface area (Å²) in [5, 5.41) is 18.0. The normalized spacial score (nSPS) is 19.0. The lowest BCUT2D eigenvalue weighted by atomic mass is 9.70. The summed E-state index contributed by atoms with van der Waals surface area (Å²) in [7, 11) is 3.75. The molecule has 0 atom stereocenters. The molecule has 2 N–H and O–H groups in total. The van der Waals surface area contributed by atoms with Gasteiger partial charge in [0, 0.05) is 75.1 Å². The van der Waals surface area contributed by atoms with Crippen molar-refractivity contribution in [1.82, 2.24) is 34.9 Å². The zero-order valence-corrected chi connectivity index (χ0v) is 24.7. The van der Waals surface area contributed by atoms with Gasteiger partial charge in [-0.05, 0) is 25.3 Å². The number of aromatic nitrogens is 4. The number of fused-ring (bicyclic) bond motifs is 4. The molecule has 7 rings (SSSR count). The molecule has 6 heterocycles. The van der Waals surface area contributed by atoms with E-state index in [1.165, 1.54) is 0 Å². The van der Waals surface area contributed by atoms with Crippen LogP contribution in [0.4, 0.5) is 10.5 Å². The molecule has 0 aliphatic carbocycles. The Hall–Kier alpha value is -4.69. The highest BCUT2D eigenvalue weighted by molar-refractivity contribution is 6.16. The Bertz CT molecular complexity index is 1770. The molecule has 0 saturated carbocycles. The molecule has 0 unspecified atom stereocenters. The summed E-state index contributed by atoms with van der Waals surface area (Å²) in [6, 6.07) is 12.5. The van der Waals surface area contributed by atoms with E-state index >= 15 is 0 Å². The van der Waals surface area contributed by atoms with E-state index in [1.54, 1.807) is 14.5 Å². The fraction of sp³-hybridized carbons (Fsp3) is 0.406. The first kappa shape index (κ1) is 27.2. The number of aromatic amines is 1. The highest BCUT2D eigenvalue weighted by Gasteiger charge is 2.57. The number of carbonyl (C=O) groups excluding carboxylic acids is 2. The second-order valence-corrected chi connectivity index (χ2v) is 12.1. The monoisotopic (exact) mass is 577 g/mol. The fourth-order valence-electron chi connectivity index (χ4n) is 7.55. The fourth-order valence-corrected chi connectivity index (χ4v) is 7.55. The number of likely N-dealkylation sites (N-methyl/N-ethyl adjacent to an activating group) is 1. The minimum absolute atomic E-state index is 0.0893. The van der Waals surface area contributed by atoms with Crippen LogP contribution in [0.25, 0.3) is 33.4 Å². The first-order chi connectivity index (χ1) is 20.8. The standard InChI is InChI=1S/C32H35N9O2/c1-4-34-30(43)40-19-31(20-40,10-13-33)41-14-11-32(12-15-41)26-23(39(3)29(32)42)17-35-28-25(26)24(21-8-6-5-7-9-21)27(37-28)22-16-36-38(2)18-22/h5-9,16-18H,4,10-12,14-15,19-20H2,1-3H3,(H,34,43)(H,35,37). The number of aryl methyl sites for hydroxylation is 1. The van der Waals surface area contributed by atoms with Gasteiger partial charge in [0.25, 0.3) is 0 Å². The highest BCUT2D eigenvalue weighted by atomic mass is 16.2. The molecule has 11 nitrogen and oxygen atoms in total. The third-order valence-electron chi connectivity index (χ3n) is 9.69. The van der Waals surface area contributed by atoms with Crippen LogP contribution in [0.5, 0.6) is 0 Å². The number of rotatable bonds is 5. The van der Waals surface area contributed by atoms with Gasteiger partial charge in [0.15, 0.2) is 0 Å². The smallest absolute Gasteiger partial charge is 0.317 e. The summed E-state index contributed by atoms with van der Waals surface area (Å²) in [6.45, 7) is 4.82. The van der Waals surface area contributed by atoms with Gasteiger partial charge in [-0.1, -0.05) is 30.3 Å². The van der Waals surface area contributed by atoms with Gasteiger partial charge in [-0.3, -0.25) is 14.4 Å². The average Bonchev–Trinajstić information content (AvgIpc) is 3.66. The van der Waals surface area contributed by atoms with E-state index < -0.39 is 5.41 Å². The number of benzene rings is 1. The van der Waals surface area contributed by atoms with Gasteiger partial charge in [0.2, 0.25) is 5.91 Å². The predicted molar refractivity (Wildman–Crippen MR) is 163 cm³/mol. The van der Waals surface area contributed by atoms with Crippen LogP contribution in [0.3, 0.4) is 0 Å². The maximum atomic E-state index is 14.2. The lowest BCUT2D eigenvalue weighted by molar-refractivity contribution is -0.126. The molecule has 3 aromatic heterocycles. The number of anilines is 1. The van der Waals surface area contributed by atoms with Crippen LogP contribution in [0.1, 0.15) is 31.7 Å². The molecule has 2 fully saturated rings. The van der Waals surface area contributed by atoms with Crippen molar-refractivity contribution in [3.8, 4) is 28.5 Å². The number of hydrogen-bond donors (Lipinski definition) is 2. The van der Waals surface area contributed by atoms with Crippen molar-refractivity contribution < 1.29 is 9.59 Å². The van der Waals surface area contributed by atoms with Crippen molar-refractivity contribution in [3.63, 3.8) is 0 Å². The second-order valence-electron chi connectivity index (χ2n) is 12.1. The first-order valence-corrected chi connectivity index (χ1v) is 14.8. The Morgan fingerprint density at radius 3 is 2.51 bits per heavy atom. The van der Waals surface area contributed by atoms with E-state index in [0.717, 1.165) is 44.7 Å². The molecule has 1 spiro atoms. The summed E-state index contributed by atoms with van der Waals surface area (Å²) in [5.74, 6) is 0.0893. The number of piperidine rings is 1. The summed E-state index contributed by atoms with van der Waals surface area (Å²) >= 11 is 0. The summed E-state index contributed by atoms with van der Waals surface area (Å²) in [4.78, 5) is 41.0. The molecular weight excluding hydrogens is 542 g/mol. The van der Waals surface area contributed by atoms with Crippen molar-refractivity contribution in [2.75, 3.05) is 44.7 Å². The van der Waals surface area contributed by atoms with E-state index in [2.05, 4.69) is 38.5 Å². The topological polar surface area (TPSA) is 126 Å². The first-order valence-electron chi connectivity index (χ1n) is 14.8. The van der Waals surface area contributed by atoms with Crippen molar-refractivity contribution in [1.29, 1.82) is 5.26 Å². The molecule has 1 aromatic carbocycles. The number of carbonyl (C=O) groups is 2. The molecule has 11 heteroatoms. The van der Waals surface area contributed by atoms with Gasteiger partial charge in [-0.25, -0.2) is 9.78 Å². The summed E-state index contributed by atoms with van der Waals surface area (Å²) in [6.07, 6.45) is 7.25. The van der Waals surface area contributed by atoms with Crippen molar-refractivity contribution in [2.45, 2.75) is 37.1 Å². The van der Waals surface area contributed by atoms with E-state index in [1.807, 2.05) is 57.8 Å². The molecule has 4 aromatic rings. The number of nitrogens with one attached hydrogen (secondary N) is 2. The lowest BCUT2D eigenvalue weighted by Gasteiger charge is -2.57. The number of nitrogens with zero attached hydrogens (tertiary/aromatic N) is 7. The maximum Gasteiger partial charge on any atom is 0.317 e. The number of nitriles is 1. The van der Waals surface area contributed by atoms with Crippen LogP contribution >= 0.6 is 0 Å². The van der Waals surface area contributed by atoms with Gasteiger partial charge in [-0.2, -0.15) is 10.4 Å². The molecule has 43 heavy (non-hydrogen) atoms. The molecular formula is C32H35N9O2.